The van der Waals surface area contributed by atoms with Crippen LogP contribution in [0.25, 0.3) is 0 Å². The van der Waals surface area contributed by atoms with Gasteiger partial charge in [-0.1, -0.05) is 36.4 Å². The first kappa shape index (κ1) is 19.5. The molecule has 0 aliphatic carbocycles. The van der Waals surface area contributed by atoms with Crippen LogP contribution in [0.15, 0.2) is 48.5 Å². The Kier molecular flexibility index (Phi) is 7.21. The molecule has 138 valence electrons. The fourth-order valence-corrected chi connectivity index (χ4v) is 2.50. The minimum absolute atomic E-state index is 0.0816. The SMILES string of the molecule is CC(C)OC(=O)CCc1ccccc1O.O=C1CCc2ccccc2O1. The molecular formula is C21H24O5. The minimum Gasteiger partial charge on any atom is -0.508 e. The molecule has 0 amide bonds. The summed E-state index contributed by atoms with van der Waals surface area (Å²) in [4.78, 5) is 22.0. The molecule has 1 N–H and O–H groups in total. The first-order valence-corrected chi connectivity index (χ1v) is 8.70. The summed E-state index contributed by atoms with van der Waals surface area (Å²) in [5, 5.41) is 9.45. The van der Waals surface area contributed by atoms with E-state index in [0.29, 0.717) is 19.3 Å². The van der Waals surface area contributed by atoms with E-state index in [4.69, 9.17) is 9.47 Å². The van der Waals surface area contributed by atoms with E-state index in [1.807, 2.05) is 44.2 Å². The zero-order chi connectivity index (χ0) is 18.9. The van der Waals surface area contributed by atoms with Crippen LogP contribution < -0.4 is 4.74 Å². The van der Waals surface area contributed by atoms with E-state index in [1.165, 1.54) is 0 Å². The highest BCUT2D eigenvalue weighted by atomic mass is 16.5. The number of rotatable bonds is 4. The number of benzene rings is 2. The van der Waals surface area contributed by atoms with Crippen LogP contribution in [0.1, 0.15) is 37.8 Å². The van der Waals surface area contributed by atoms with Crippen LogP contribution in [-0.2, 0) is 27.2 Å². The van der Waals surface area contributed by atoms with Crippen LogP contribution in [0.2, 0.25) is 0 Å². The molecule has 5 heteroatoms. The maximum absolute atomic E-state index is 11.2. The van der Waals surface area contributed by atoms with Gasteiger partial charge in [-0.15, -0.1) is 0 Å². The number of hydrogen-bond acceptors (Lipinski definition) is 5. The first-order chi connectivity index (χ1) is 12.5. The van der Waals surface area contributed by atoms with Crippen LogP contribution in [0.4, 0.5) is 0 Å². The van der Waals surface area contributed by atoms with Crippen molar-refractivity contribution in [1.29, 1.82) is 0 Å². The third-order valence-electron chi connectivity index (χ3n) is 3.75. The van der Waals surface area contributed by atoms with Crippen molar-refractivity contribution in [1.82, 2.24) is 0 Å². The molecule has 26 heavy (non-hydrogen) atoms. The summed E-state index contributed by atoms with van der Waals surface area (Å²) in [5.74, 6) is 0.607. The fraction of sp³-hybridized carbons (Fsp3) is 0.333. The van der Waals surface area contributed by atoms with E-state index in [2.05, 4.69) is 0 Å². The number of aryl methyl sites for hydroxylation is 2. The van der Waals surface area contributed by atoms with E-state index in [9.17, 15) is 14.7 Å². The molecule has 0 fully saturated rings. The molecule has 1 aliphatic rings. The Morgan fingerprint density at radius 2 is 1.81 bits per heavy atom. The zero-order valence-electron chi connectivity index (χ0n) is 15.1. The Labute approximate surface area is 153 Å². The normalized spacial score (nSPS) is 12.5. The highest BCUT2D eigenvalue weighted by Gasteiger charge is 2.15. The second-order valence-electron chi connectivity index (χ2n) is 6.25. The van der Waals surface area contributed by atoms with Gasteiger partial charge in [0.15, 0.2) is 0 Å². The summed E-state index contributed by atoms with van der Waals surface area (Å²) in [6.07, 6.45) is 2.06. The van der Waals surface area contributed by atoms with E-state index in [0.717, 1.165) is 23.3 Å². The summed E-state index contributed by atoms with van der Waals surface area (Å²) >= 11 is 0. The van der Waals surface area contributed by atoms with Crippen molar-refractivity contribution in [3.8, 4) is 11.5 Å². The van der Waals surface area contributed by atoms with E-state index in [1.54, 1.807) is 18.2 Å². The first-order valence-electron chi connectivity index (χ1n) is 8.70. The lowest BCUT2D eigenvalue weighted by atomic mass is 10.1. The van der Waals surface area contributed by atoms with Crippen LogP contribution >= 0.6 is 0 Å². The van der Waals surface area contributed by atoms with E-state index < -0.39 is 0 Å². The third kappa shape index (κ3) is 6.24. The molecule has 0 aromatic heterocycles. The van der Waals surface area contributed by atoms with Gasteiger partial charge in [-0.25, -0.2) is 0 Å². The van der Waals surface area contributed by atoms with Crippen molar-refractivity contribution in [3.05, 3.63) is 59.7 Å². The van der Waals surface area contributed by atoms with Gasteiger partial charge < -0.3 is 14.6 Å². The number of phenols is 1. The molecule has 0 saturated heterocycles. The summed E-state index contributed by atoms with van der Waals surface area (Å²) in [6, 6.07) is 14.7. The number of para-hydroxylation sites is 2. The quantitative estimate of drug-likeness (QED) is 0.666. The highest BCUT2D eigenvalue weighted by molar-refractivity contribution is 5.75. The predicted molar refractivity (Wildman–Crippen MR) is 98.1 cm³/mol. The molecule has 1 heterocycles. The maximum atomic E-state index is 11.2. The lowest BCUT2D eigenvalue weighted by Crippen LogP contribution is -2.15. The van der Waals surface area contributed by atoms with Gasteiger partial charge >= 0.3 is 11.9 Å². The highest BCUT2D eigenvalue weighted by Crippen LogP contribution is 2.23. The Morgan fingerprint density at radius 3 is 2.54 bits per heavy atom. The number of aromatic hydroxyl groups is 1. The van der Waals surface area contributed by atoms with Crippen molar-refractivity contribution >= 4 is 11.9 Å². The number of ether oxygens (including phenoxy) is 2. The Hall–Kier alpha value is -2.82. The number of carbonyl (C=O) groups excluding carboxylic acids is 2. The van der Waals surface area contributed by atoms with Crippen molar-refractivity contribution in [2.24, 2.45) is 0 Å². The van der Waals surface area contributed by atoms with Crippen molar-refractivity contribution in [3.63, 3.8) is 0 Å². The largest absolute Gasteiger partial charge is 0.508 e. The van der Waals surface area contributed by atoms with Gasteiger partial charge in [-0.2, -0.15) is 0 Å². The molecule has 0 spiro atoms. The minimum atomic E-state index is -0.228. The second-order valence-corrected chi connectivity index (χ2v) is 6.25. The second kappa shape index (κ2) is 9.61. The molecule has 0 saturated carbocycles. The summed E-state index contributed by atoms with van der Waals surface area (Å²) in [5.41, 5.74) is 1.91. The monoisotopic (exact) mass is 356 g/mol. The molecule has 0 atom stereocenters. The molecular weight excluding hydrogens is 332 g/mol. The Balaban J connectivity index is 0.000000195. The van der Waals surface area contributed by atoms with Gasteiger partial charge in [-0.05, 0) is 49.9 Å². The zero-order valence-corrected chi connectivity index (χ0v) is 15.1. The molecule has 5 nitrogen and oxygen atoms in total. The summed E-state index contributed by atoms with van der Waals surface area (Å²) < 4.78 is 9.98. The lowest BCUT2D eigenvalue weighted by Gasteiger charge is -2.13. The molecule has 0 bridgehead atoms. The van der Waals surface area contributed by atoms with Gasteiger partial charge in [0.1, 0.15) is 11.5 Å². The third-order valence-corrected chi connectivity index (χ3v) is 3.75. The van der Waals surface area contributed by atoms with E-state index >= 15 is 0 Å². The molecule has 0 unspecified atom stereocenters. The Bertz CT molecular complexity index is 752. The van der Waals surface area contributed by atoms with Crippen molar-refractivity contribution in [2.75, 3.05) is 0 Å². The molecule has 0 radical (unpaired) electrons. The Morgan fingerprint density at radius 1 is 1.12 bits per heavy atom. The lowest BCUT2D eigenvalue weighted by molar-refractivity contribution is -0.147. The maximum Gasteiger partial charge on any atom is 0.311 e. The van der Waals surface area contributed by atoms with Gasteiger partial charge in [0.2, 0.25) is 0 Å². The summed E-state index contributed by atoms with van der Waals surface area (Å²) in [6.45, 7) is 3.63. The number of esters is 2. The summed E-state index contributed by atoms with van der Waals surface area (Å²) in [7, 11) is 0. The van der Waals surface area contributed by atoms with Gasteiger partial charge in [0.05, 0.1) is 12.5 Å². The smallest absolute Gasteiger partial charge is 0.311 e. The molecule has 2 aromatic carbocycles. The van der Waals surface area contributed by atoms with Gasteiger partial charge in [0, 0.05) is 6.42 Å². The van der Waals surface area contributed by atoms with Crippen LogP contribution in [0.5, 0.6) is 11.5 Å². The molecule has 3 rings (SSSR count). The van der Waals surface area contributed by atoms with Gasteiger partial charge in [-0.3, -0.25) is 9.59 Å². The molecule has 1 aliphatic heterocycles. The fourth-order valence-electron chi connectivity index (χ4n) is 2.50. The number of fused-ring (bicyclic) bond motifs is 1. The van der Waals surface area contributed by atoms with Crippen LogP contribution in [0.3, 0.4) is 0 Å². The number of phenolic OH excluding ortho intramolecular Hbond substituents is 1. The van der Waals surface area contributed by atoms with Gasteiger partial charge in [0.25, 0.3) is 0 Å². The predicted octanol–water partition coefficient (Wildman–Crippen LogP) is 3.81. The standard InChI is InChI=1S/C12H16O3.C9H8O2/c1-9(2)15-12(14)8-7-10-5-3-4-6-11(10)13;10-9-6-5-7-3-1-2-4-8(7)11-9/h3-6,9,13H,7-8H2,1-2H3;1-4H,5-6H2. The number of hydrogen-bond donors (Lipinski definition) is 1. The van der Waals surface area contributed by atoms with Crippen molar-refractivity contribution in [2.45, 2.75) is 45.6 Å². The topological polar surface area (TPSA) is 72.8 Å². The van der Waals surface area contributed by atoms with Crippen LogP contribution in [-0.4, -0.2) is 23.1 Å². The van der Waals surface area contributed by atoms with Crippen LogP contribution in [0, 0.1) is 0 Å². The molecule has 2 aromatic rings. The average molecular weight is 356 g/mol. The van der Waals surface area contributed by atoms with Crippen molar-refractivity contribution < 1.29 is 24.2 Å². The van der Waals surface area contributed by atoms with E-state index in [-0.39, 0.29) is 23.8 Å². The average Bonchev–Trinajstić information content (AvgIpc) is 2.61. The number of carbonyl (C=O) groups is 2.